The van der Waals surface area contributed by atoms with Crippen molar-refractivity contribution >= 4 is 17.7 Å². The molecular formula is C21H16NO+. The van der Waals surface area contributed by atoms with Crippen LogP contribution in [0.15, 0.2) is 84.9 Å². The van der Waals surface area contributed by atoms with Gasteiger partial charge in [-0.25, -0.2) is 0 Å². The third-order valence-corrected chi connectivity index (χ3v) is 3.41. The zero-order valence-corrected chi connectivity index (χ0v) is 12.6. The summed E-state index contributed by atoms with van der Waals surface area (Å²) >= 11 is 0. The summed E-state index contributed by atoms with van der Waals surface area (Å²) in [6.45, 7) is 0. The molecule has 0 fully saturated rings. The summed E-state index contributed by atoms with van der Waals surface area (Å²) in [5, 5.41) is 2.95. The average Bonchev–Trinajstić information content (AvgIpc) is 2.62. The zero-order valence-electron chi connectivity index (χ0n) is 12.6. The van der Waals surface area contributed by atoms with E-state index in [0.717, 1.165) is 16.8 Å². The molecular weight excluding hydrogens is 282 g/mol. The first-order valence-corrected chi connectivity index (χ1v) is 7.43. The normalized spacial score (nSPS) is 10.3. The Morgan fingerprint density at radius 3 is 2.13 bits per heavy atom. The molecule has 0 unspecified atom stereocenters. The standard InChI is InChI=1S/C21H15NO/c23-21(19-12-5-2-6-13-19)22-20-14-8-7-11-18(20)16-15-17-9-3-1-4-10-17/h1-14,16H/p+1. The van der Waals surface area contributed by atoms with Gasteiger partial charge in [0.15, 0.2) is 0 Å². The molecule has 23 heavy (non-hydrogen) atoms. The second-order valence-electron chi connectivity index (χ2n) is 5.06. The number of hydrogen-bond donors (Lipinski definition) is 1. The molecule has 0 atom stereocenters. The Bertz CT molecular complexity index is 808. The molecule has 110 valence electrons. The first kappa shape index (κ1) is 14.7. The van der Waals surface area contributed by atoms with Crippen LogP contribution in [0.1, 0.15) is 21.5 Å². The van der Waals surface area contributed by atoms with Gasteiger partial charge in [-0.2, -0.15) is 0 Å². The van der Waals surface area contributed by atoms with Gasteiger partial charge in [-0.15, -0.1) is 0 Å². The van der Waals surface area contributed by atoms with Crippen molar-refractivity contribution < 1.29 is 4.79 Å². The first-order valence-electron chi connectivity index (χ1n) is 7.43. The third kappa shape index (κ3) is 3.91. The molecule has 2 heteroatoms. The number of anilines is 1. The van der Waals surface area contributed by atoms with E-state index in [1.807, 2.05) is 78.9 Å². The van der Waals surface area contributed by atoms with Gasteiger partial charge in [-0.1, -0.05) is 30.3 Å². The molecule has 0 aliphatic carbocycles. The highest BCUT2D eigenvalue weighted by molar-refractivity contribution is 6.05. The lowest BCUT2D eigenvalue weighted by Gasteiger charge is -2.05. The fourth-order valence-corrected chi connectivity index (χ4v) is 2.22. The molecule has 1 amide bonds. The summed E-state index contributed by atoms with van der Waals surface area (Å²) in [5.41, 5.74) is 3.32. The maximum absolute atomic E-state index is 12.3. The number of hydrogen-bond acceptors (Lipinski definition) is 1. The molecule has 0 bridgehead atoms. The Kier molecular flexibility index (Phi) is 4.58. The van der Waals surface area contributed by atoms with E-state index < -0.39 is 0 Å². The molecule has 3 aromatic rings. The largest absolute Gasteiger partial charge is 0.313 e. The molecule has 0 aliphatic heterocycles. The summed E-state index contributed by atoms with van der Waals surface area (Å²) in [5.74, 6) is -0.119. The number of carbonyl (C=O) groups is 1. The van der Waals surface area contributed by atoms with Crippen molar-refractivity contribution in [2.45, 2.75) is 0 Å². The summed E-state index contributed by atoms with van der Waals surface area (Å²) in [7, 11) is 0. The van der Waals surface area contributed by atoms with Crippen molar-refractivity contribution in [3.05, 3.63) is 108 Å². The predicted molar refractivity (Wildman–Crippen MR) is 94.1 cm³/mol. The van der Waals surface area contributed by atoms with Gasteiger partial charge >= 0.3 is 0 Å². The number of carbonyl (C=O) groups excluding carboxylic acids is 1. The van der Waals surface area contributed by atoms with Gasteiger partial charge in [0.1, 0.15) is 5.56 Å². The number of rotatable bonds is 4. The quantitative estimate of drug-likeness (QED) is 0.544. The number of amides is 1. The minimum atomic E-state index is -0.119. The Balaban J connectivity index is 1.81. The summed E-state index contributed by atoms with van der Waals surface area (Å²) in [6.07, 6.45) is 5.12. The highest BCUT2D eigenvalue weighted by atomic mass is 16.1. The molecule has 3 rings (SSSR count). The van der Waals surface area contributed by atoms with E-state index in [-0.39, 0.29) is 5.91 Å². The lowest BCUT2D eigenvalue weighted by Crippen LogP contribution is -2.12. The molecule has 1 N–H and O–H groups in total. The number of benzene rings is 3. The topological polar surface area (TPSA) is 29.1 Å². The van der Waals surface area contributed by atoms with Crippen molar-refractivity contribution in [1.29, 1.82) is 0 Å². The van der Waals surface area contributed by atoms with Gasteiger partial charge in [0.25, 0.3) is 5.91 Å². The van der Waals surface area contributed by atoms with Crippen LogP contribution < -0.4 is 5.32 Å². The van der Waals surface area contributed by atoms with Gasteiger partial charge in [0.2, 0.25) is 0 Å². The SMILES string of the molecule is O=C(Nc1ccccc1C=[C+]c1ccccc1)c1ccccc1. The lowest BCUT2D eigenvalue weighted by atomic mass is 10.1. The Labute approximate surface area is 136 Å². The summed E-state index contributed by atoms with van der Waals surface area (Å²) in [4.78, 5) is 12.3. The molecule has 0 saturated carbocycles. The molecule has 0 spiro atoms. The van der Waals surface area contributed by atoms with Crippen molar-refractivity contribution in [1.82, 2.24) is 0 Å². The average molecular weight is 298 g/mol. The van der Waals surface area contributed by atoms with Crippen LogP contribution in [-0.4, -0.2) is 5.91 Å². The maximum atomic E-state index is 12.3. The minimum absolute atomic E-state index is 0.119. The van der Waals surface area contributed by atoms with Crippen LogP contribution >= 0.6 is 0 Å². The Morgan fingerprint density at radius 2 is 1.39 bits per heavy atom. The Hall–Kier alpha value is -3.22. The van der Waals surface area contributed by atoms with E-state index in [1.165, 1.54) is 0 Å². The van der Waals surface area contributed by atoms with E-state index in [1.54, 1.807) is 12.1 Å². The van der Waals surface area contributed by atoms with E-state index in [4.69, 9.17) is 0 Å². The molecule has 0 aromatic heterocycles. The number of para-hydroxylation sites is 1. The monoisotopic (exact) mass is 298 g/mol. The van der Waals surface area contributed by atoms with Crippen LogP contribution in [0, 0.1) is 6.08 Å². The van der Waals surface area contributed by atoms with Gasteiger partial charge < -0.3 is 5.32 Å². The van der Waals surface area contributed by atoms with Crippen LogP contribution in [0.4, 0.5) is 5.69 Å². The van der Waals surface area contributed by atoms with Gasteiger partial charge in [-0.3, -0.25) is 4.79 Å². The van der Waals surface area contributed by atoms with Gasteiger partial charge in [-0.05, 0) is 42.5 Å². The lowest BCUT2D eigenvalue weighted by molar-refractivity contribution is 0.102. The molecule has 0 heterocycles. The fraction of sp³-hybridized carbons (Fsp3) is 0. The van der Waals surface area contributed by atoms with Crippen molar-refractivity contribution in [3.63, 3.8) is 0 Å². The van der Waals surface area contributed by atoms with Crippen LogP contribution in [0.3, 0.4) is 0 Å². The van der Waals surface area contributed by atoms with E-state index in [2.05, 4.69) is 11.4 Å². The number of nitrogens with one attached hydrogen (secondary N) is 1. The molecule has 3 aromatic carbocycles. The Morgan fingerprint density at radius 1 is 0.783 bits per heavy atom. The van der Waals surface area contributed by atoms with Crippen LogP contribution in [0.2, 0.25) is 0 Å². The van der Waals surface area contributed by atoms with Crippen LogP contribution in [0.25, 0.3) is 6.08 Å². The first-order chi connectivity index (χ1) is 11.3. The van der Waals surface area contributed by atoms with Gasteiger partial charge in [0.05, 0.1) is 17.3 Å². The highest BCUT2D eigenvalue weighted by Crippen LogP contribution is 2.18. The molecule has 2 nitrogen and oxygen atoms in total. The fourth-order valence-electron chi connectivity index (χ4n) is 2.22. The van der Waals surface area contributed by atoms with Gasteiger partial charge in [0, 0.05) is 23.8 Å². The zero-order chi connectivity index (χ0) is 15.9. The summed E-state index contributed by atoms with van der Waals surface area (Å²) in [6, 6.07) is 26.8. The second kappa shape index (κ2) is 7.17. The van der Waals surface area contributed by atoms with E-state index >= 15 is 0 Å². The third-order valence-electron chi connectivity index (χ3n) is 3.41. The highest BCUT2D eigenvalue weighted by Gasteiger charge is 2.09. The van der Waals surface area contributed by atoms with E-state index in [0.29, 0.717) is 5.56 Å². The minimum Gasteiger partial charge on any atom is -0.313 e. The molecule has 0 aliphatic rings. The maximum Gasteiger partial charge on any atom is 0.256 e. The molecule has 0 radical (unpaired) electrons. The van der Waals surface area contributed by atoms with Crippen molar-refractivity contribution in [2.75, 3.05) is 5.32 Å². The van der Waals surface area contributed by atoms with Crippen molar-refractivity contribution in [3.8, 4) is 0 Å². The summed E-state index contributed by atoms with van der Waals surface area (Å²) < 4.78 is 0. The van der Waals surface area contributed by atoms with Crippen LogP contribution in [-0.2, 0) is 0 Å². The molecule has 0 saturated heterocycles. The second-order valence-corrected chi connectivity index (χ2v) is 5.06. The predicted octanol–water partition coefficient (Wildman–Crippen LogP) is 4.80. The smallest absolute Gasteiger partial charge is 0.256 e. The van der Waals surface area contributed by atoms with Crippen molar-refractivity contribution in [2.24, 2.45) is 0 Å². The van der Waals surface area contributed by atoms with E-state index in [9.17, 15) is 4.79 Å². The van der Waals surface area contributed by atoms with Crippen LogP contribution in [0.5, 0.6) is 0 Å².